The Bertz CT molecular complexity index is 1040. The highest BCUT2D eigenvalue weighted by atomic mass is 16.8. The van der Waals surface area contributed by atoms with E-state index in [4.69, 9.17) is 18.9 Å². The molecule has 0 aromatic heterocycles. The van der Waals surface area contributed by atoms with Gasteiger partial charge >= 0.3 is 5.97 Å². The molecule has 0 amide bonds. The molecule has 1 aliphatic carbocycles. The van der Waals surface area contributed by atoms with Gasteiger partial charge in [-0.1, -0.05) is 30.3 Å². The highest BCUT2D eigenvalue weighted by molar-refractivity contribution is 5.87. The molecule has 8 N–H and O–H groups in total. The van der Waals surface area contributed by atoms with Gasteiger partial charge in [0.05, 0.1) is 24.9 Å². The molecule has 2 fully saturated rings. The Morgan fingerprint density at radius 3 is 2.41 bits per heavy atom. The van der Waals surface area contributed by atoms with Crippen molar-refractivity contribution in [2.45, 2.75) is 67.0 Å². The summed E-state index contributed by atoms with van der Waals surface area (Å²) in [5, 5.41) is 81.9. The molecule has 204 valence electrons. The average Bonchev–Trinajstić information content (AvgIpc) is 3.04. The standard InChI is InChI=1S/C24H30O13/c1-21(37-16(27)8-7-13-5-3-2-4-6-13)11-14(26)22(29)9-10-34-19(17(21)22)36-20-18(28)24(32,33)23(30,31)15(12-25)35-20/h2-10,14-15,17-20,25-26,28-33H,11-12H2,1H3/b8-7+/t14-,15-,17-,18+,19+,20+,21+,22-/m1/s1. The van der Waals surface area contributed by atoms with Crippen molar-refractivity contribution in [3.63, 3.8) is 0 Å². The Kier molecular flexibility index (Phi) is 7.24. The highest BCUT2D eigenvalue weighted by Gasteiger charge is 2.68. The van der Waals surface area contributed by atoms with Crippen LogP contribution in [0.4, 0.5) is 0 Å². The summed E-state index contributed by atoms with van der Waals surface area (Å²) >= 11 is 0. The summed E-state index contributed by atoms with van der Waals surface area (Å²) < 4.78 is 21.8. The molecule has 0 bridgehead atoms. The fourth-order valence-corrected chi connectivity index (χ4v) is 4.99. The van der Waals surface area contributed by atoms with Gasteiger partial charge in [0.2, 0.25) is 6.29 Å². The highest BCUT2D eigenvalue weighted by Crippen LogP contribution is 2.51. The van der Waals surface area contributed by atoms with E-state index in [1.54, 1.807) is 24.3 Å². The Balaban J connectivity index is 1.58. The van der Waals surface area contributed by atoms with Gasteiger partial charge in [-0.2, -0.15) is 0 Å². The molecule has 0 spiro atoms. The first kappa shape index (κ1) is 27.6. The summed E-state index contributed by atoms with van der Waals surface area (Å²) in [6, 6.07) is 8.89. The normalized spacial score (nSPS) is 40.2. The molecule has 13 nitrogen and oxygen atoms in total. The first-order valence-corrected chi connectivity index (χ1v) is 11.5. The van der Waals surface area contributed by atoms with E-state index >= 15 is 0 Å². The Morgan fingerprint density at radius 1 is 1.08 bits per heavy atom. The van der Waals surface area contributed by atoms with Crippen molar-refractivity contribution >= 4 is 12.0 Å². The number of hydrogen-bond donors (Lipinski definition) is 8. The van der Waals surface area contributed by atoms with Crippen LogP contribution in [0.1, 0.15) is 18.9 Å². The van der Waals surface area contributed by atoms with Gasteiger partial charge in [-0.3, -0.25) is 0 Å². The van der Waals surface area contributed by atoms with E-state index in [9.17, 15) is 45.6 Å². The molecule has 37 heavy (non-hydrogen) atoms. The van der Waals surface area contributed by atoms with Gasteiger partial charge in [0.1, 0.15) is 17.3 Å². The second-order valence-corrected chi connectivity index (χ2v) is 9.58. The zero-order valence-corrected chi connectivity index (χ0v) is 19.7. The van der Waals surface area contributed by atoms with E-state index < -0.39 is 72.2 Å². The van der Waals surface area contributed by atoms with E-state index in [-0.39, 0.29) is 6.42 Å². The Labute approximate surface area is 211 Å². The third-order valence-electron chi connectivity index (χ3n) is 7.05. The van der Waals surface area contributed by atoms with Crippen molar-refractivity contribution in [2.24, 2.45) is 5.92 Å². The molecule has 0 unspecified atom stereocenters. The van der Waals surface area contributed by atoms with Crippen molar-refractivity contribution in [3.8, 4) is 0 Å². The number of esters is 1. The van der Waals surface area contributed by atoms with Crippen LogP contribution in [0.3, 0.4) is 0 Å². The molecule has 4 rings (SSSR count). The number of carbonyl (C=O) groups excluding carboxylic acids is 1. The fourth-order valence-electron chi connectivity index (χ4n) is 4.99. The van der Waals surface area contributed by atoms with Crippen molar-refractivity contribution in [3.05, 3.63) is 54.3 Å². The number of fused-ring (bicyclic) bond motifs is 1. The first-order valence-electron chi connectivity index (χ1n) is 11.5. The van der Waals surface area contributed by atoms with Gasteiger partial charge in [-0.15, -0.1) is 0 Å². The molecule has 1 saturated carbocycles. The lowest BCUT2D eigenvalue weighted by Gasteiger charge is -2.50. The van der Waals surface area contributed by atoms with Crippen LogP contribution in [-0.4, -0.2) is 107 Å². The Hall–Kier alpha value is -2.43. The van der Waals surface area contributed by atoms with Crippen LogP contribution in [0, 0.1) is 5.92 Å². The van der Waals surface area contributed by atoms with Crippen LogP contribution < -0.4 is 0 Å². The lowest BCUT2D eigenvalue weighted by atomic mass is 9.81. The summed E-state index contributed by atoms with van der Waals surface area (Å²) in [6.45, 7) is 0.318. The molecule has 8 atom stereocenters. The van der Waals surface area contributed by atoms with Gasteiger partial charge in [-0.05, 0) is 24.6 Å². The largest absolute Gasteiger partial charge is 0.472 e. The number of benzene rings is 1. The molecular weight excluding hydrogens is 496 g/mol. The molecule has 2 aliphatic heterocycles. The van der Waals surface area contributed by atoms with Gasteiger partial charge in [0.25, 0.3) is 11.6 Å². The van der Waals surface area contributed by atoms with Gasteiger partial charge in [-0.25, -0.2) is 4.79 Å². The van der Waals surface area contributed by atoms with Crippen molar-refractivity contribution in [1.29, 1.82) is 0 Å². The fraction of sp³-hybridized carbons (Fsp3) is 0.542. The molecule has 1 aromatic rings. The van der Waals surface area contributed by atoms with Gasteiger partial charge in [0.15, 0.2) is 12.4 Å². The molecule has 2 heterocycles. The monoisotopic (exact) mass is 526 g/mol. The lowest BCUT2D eigenvalue weighted by Crippen LogP contribution is -2.75. The van der Waals surface area contributed by atoms with Gasteiger partial charge in [0, 0.05) is 12.5 Å². The quantitative estimate of drug-likeness (QED) is 0.109. The van der Waals surface area contributed by atoms with Crippen LogP contribution in [-0.2, 0) is 23.7 Å². The van der Waals surface area contributed by atoms with E-state index in [0.717, 1.165) is 24.0 Å². The second kappa shape index (κ2) is 9.71. The molecule has 1 aromatic carbocycles. The van der Waals surface area contributed by atoms with E-state index in [2.05, 4.69) is 0 Å². The molecular formula is C24H30O13. The number of ether oxygens (including phenoxy) is 4. The van der Waals surface area contributed by atoms with Crippen LogP contribution in [0.5, 0.6) is 0 Å². The lowest BCUT2D eigenvalue weighted by molar-refractivity contribution is -0.480. The predicted octanol–water partition coefficient (Wildman–Crippen LogP) is -2.56. The minimum Gasteiger partial charge on any atom is -0.472 e. The smallest absolute Gasteiger partial charge is 0.331 e. The molecule has 0 radical (unpaired) electrons. The summed E-state index contributed by atoms with van der Waals surface area (Å²) in [6.07, 6.45) is -5.07. The van der Waals surface area contributed by atoms with E-state index in [0.29, 0.717) is 0 Å². The van der Waals surface area contributed by atoms with E-state index in [1.807, 2.05) is 6.07 Å². The van der Waals surface area contributed by atoms with Crippen LogP contribution in [0.25, 0.3) is 6.08 Å². The maximum Gasteiger partial charge on any atom is 0.331 e. The van der Waals surface area contributed by atoms with Crippen LogP contribution in [0.2, 0.25) is 0 Å². The predicted molar refractivity (Wildman–Crippen MR) is 120 cm³/mol. The zero-order chi connectivity index (χ0) is 27.2. The molecule has 13 heteroatoms. The van der Waals surface area contributed by atoms with Crippen molar-refractivity contribution in [1.82, 2.24) is 0 Å². The minimum atomic E-state index is -3.61. The molecule has 3 aliphatic rings. The number of rotatable bonds is 6. The number of aliphatic hydroxyl groups excluding tert-OH is 3. The topological polar surface area (TPSA) is 216 Å². The van der Waals surface area contributed by atoms with Crippen LogP contribution in [0.15, 0.2) is 48.7 Å². The zero-order valence-electron chi connectivity index (χ0n) is 19.7. The first-order chi connectivity index (χ1) is 17.3. The summed E-state index contributed by atoms with van der Waals surface area (Å²) in [7, 11) is 0. The third kappa shape index (κ3) is 4.68. The number of aliphatic hydroxyl groups is 8. The summed E-state index contributed by atoms with van der Waals surface area (Å²) in [4.78, 5) is 12.7. The maximum absolute atomic E-state index is 12.7. The third-order valence-corrected chi connectivity index (χ3v) is 7.05. The van der Waals surface area contributed by atoms with Crippen molar-refractivity contribution in [2.75, 3.05) is 6.61 Å². The van der Waals surface area contributed by atoms with E-state index in [1.165, 1.54) is 13.0 Å². The van der Waals surface area contributed by atoms with Crippen LogP contribution >= 0.6 is 0 Å². The van der Waals surface area contributed by atoms with Crippen molar-refractivity contribution < 1.29 is 64.6 Å². The minimum absolute atomic E-state index is 0.250. The second-order valence-electron chi connectivity index (χ2n) is 9.58. The van der Waals surface area contributed by atoms with Gasteiger partial charge < -0.3 is 59.8 Å². The number of hydrogen-bond acceptors (Lipinski definition) is 13. The Morgan fingerprint density at radius 2 is 1.76 bits per heavy atom. The summed E-state index contributed by atoms with van der Waals surface area (Å²) in [5.41, 5.74) is -2.92. The maximum atomic E-state index is 12.7. The summed E-state index contributed by atoms with van der Waals surface area (Å²) in [5.74, 6) is -9.23. The molecule has 1 saturated heterocycles. The SMILES string of the molecule is C[C@]1(OC(=O)/C=C/c2ccccc2)C[C@@H](O)[C@]2(O)C=CO[C@@H](O[C@@H]3O[C@H](CO)C(O)(O)C(O)(O)[C@H]3O)[C@@H]21. The average molecular weight is 526 g/mol. The number of carbonyl (C=O) groups is 1.